The van der Waals surface area contributed by atoms with Crippen molar-refractivity contribution in [2.45, 2.75) is 39.2 Å². The van der Waals surface area contributed by atoms with Crippen LogP contribution >= 0.6 is 0 Å². The van der Waals surface area contributed by atoms with Crippen molar-refractivity contribution in [3.63, 3.8) is 0 Å². The molecule has 1 fully saturated rings. The van der Waals surface area contributed by atoms with E-state index < -0.39 is 0 Å². The van der Waals surface area contributed by atoms with E-state index >= 15 is 0 Å². The first kappa shape index (κ1) is 17.9. The molecule has 4 heteroatoms. The molecule has 2 atom stereocenters. The fourth-order valence-corrected chi connectivity index (χ4v) is 2.89. The Morgan fingerprint density at radius 1 is 1.10 bits per heavy atom. The van der Waals surface area contributed by atoms with Gasteiger partial charge in [0.05, 0.1) is 6.61 Å². The number of nitrogens with zero attached hydrogens (tertiary/aromatic N) is 1. The fraction of sp³-hybridized carbons (Fsp3) is 1.00. The van der Waals surface area contributed by atoms with Gasteiger partial charge in [-0.1, -0.05) is 13.8 Å². The Morgan fingerprint density at radius 3 is 2.40 bits per heavy atom. The molecule has 4 nitrogen and oxygen atoms in total. The highest BCUT2D eigenvalue weighted by Gasteiger charge is 2.34. The maximum atomic E-state index is 5.26. The van der Waals surface area contributed by atoms with Crippen LogP contribution in [0.1, 0.15) is 33.1 Å². The number of hydrogen-bond donors (Lipinski definition) is 1. The van der Waals surface area contributed by atoms with Crippen molar-refractivity contribution < 1.29 is 9.47 Å². The predicted octanol–water partition coefficient (Wildman–Crippen LogP) is 2.00. The summed E-state index contributed by atoms with van der Waals surface area (Å²) in [5.41, 5.74) is 0. The quantitative estimate of drug-likeness (QED) is 0.556. The van der Waals surface area contributed by atoms with Crippen LogP contribution in [0, 0.1) is 11.8 Å². The van der Waals surface area contributed by atoms with Gasteiger partial charge in [-0.2, -0.15) is 0 Å². The molecule has 0 amide bonds. The molecular weight excluding hydrogens is 252 g/mol. The summed E-state index contributed by atoms with van der Waals surface area (Å²) in [7, 11) is 3.57. The molecule has 2 unspecified atom stereocenters. The first-order valence-corrected chi connectivity index (χ1v) is 8.11. The number of hydrogen-bond acceptors (Lipinski definition) is 4. The maximum absolute atomic E-state index is 5.26. The molecule has 1 aliphatic carbocycles. The van der Waals surface area contributed by atoms with Crippen LogP contribution < -0.4 is 5.32 Å². The number of methoxy groups -OCH3 is 2. The third-order valence-corrected chi connectivity index (χ3v) is 4.18. The molecule has 0 aromatic rings. The Hall–Kier alpha value is -0.160. The van der Waals surface area contributed by atoms with Crippen molar-refractivity contribution in [3.05, 3.63) is 0 Å². The van der Waals surface area contributed by atoms with E-state index in [1.165, 1.54) is 12.8 Å². The van der Waals surface area contributed by atoms with E-state index in [0.717, 1.165) is 63.7 Å². The van der Waals surface area contributed by atoms with E-state index in [1.54, 1.807) is 14.2 Å². The van der Waals surface area contributed by atoms with Crippen LogP contribution in [0.3, 0.4) is 0 Å². The second-order valence-corrected chi connectivity index (χ2v) is 6.33. The lowest BCUT2D eigenvalue weighted by Gasteiger charge is -2.45. The molecule has 0 bridgehead atoms. The van der Waals surface area contributed by atoms with Gasteiger partial charge >= 0.3 is 0 Å². The summed E-state index contributed by atoms with van der Waals surface area (Å²) in [6.45, 7) is 10.7. The summed E-state index contributed by atoms with van der Waals surface area (Å²) in [5, 5.41) is 3.61. The highest BCUT2D eigenvalue weighted by atomic mass is 16.5. The normalized spacial score (nSPS) is 22.5. The van der Waals surface area contributed by atoms with Crippen LogP contribution in [-0.4, -0.2) is 64.6 Å². The molecule has 1 saturated carbocycles. The Morgan fingerprint density at radius 2 is 1.85 bits per heavy atom. The van der Waals surface area contributed by atoms with Crippen molar-refractivity contribution >= 4 is 0 Å². The molecule has 1 aliphatic rings. The standard InChI is InChI=1S/C16H34N2O2/c1-14(2)12-17-13-15-6-7-16(15)18(9-11-20-4)8-5-10-19-3/h14-17H,5-13H2,1-4H3. The van der Waals surface area contributed by atoms with Gasteiger partial charge in [-0.15, -0.1) is 0 Å². The van der Waals surface area contributed by atoms with E-state index in [1.807, 2.05) is 0 Å². The zero-order valence-electron chi connectivity index (χ0n) is 13.9. The molecule has 0 saturated heterocycles. The fourth-order valence-electron chi connectivity index (χ4n) is 2.89. The van der Waals surface area contributed by atoms with Gasteiger partial charge in [0.15, 0.2) is 0 Å². The molecule has 1 rings (SSSR count). The monoisotopic (exact) mass is 286 g/mol. The van der Waals surface area contributed by atoms with Crippen LogP contribution in [0.25, 0.3) is 0 Å². The summed E-state index contributed by atoms with van der Waals surface area (Å²) in [6.07, 6.45) is 3.82. The van der Waals surface area contributed by atoms with Crippen LogP contribution in [-0.2, 0) is 9.47 Å². The van der Waals surface area contributed by atoms with Gasteiger partial charge in [0.1, 0.15) is 0 Å². The molecule has 1 N–H and O–H groups in total. The van der Waals surface area contributed by atoms with Gasteiger partial charge in [-0.05, 0) is 44.2 Å². The third kappa shape index (κ3) is 6.53. The molecule has 0 heterocycles. The van der Waals surface area contributed by atoms with Crippen molar-refractivity contribution in [2.75, 3.05) is 53.6 Å². The molecule has 20 heavy (non-hydrogen) atoms. The highest BCUT2D eigenvalue weighted by molar-refractivity contribution is 4.90. The summed E-state index contributed by atoms with van der Waals surface area (Å²) < 4.78 is 10.4. The van der Waals surface area contributed by atoms with Gasteiger partial charge in [0.2, 0.25) is 0 Å². The minimum absolute atomic E-state index is 0.736. The smallest absolute Gasteiger partial charge is 0.0589 e. The van der Waals surface area contributed by atoms with Gasteiger partial charge in [0.25, 0.3) is 0 Å². The van der Waals surface area contributed by atoms with Crippen molar-refractivity contribution in [3.8, 4) is 0 Å². The second kappa shape index (κ2) is 10.6. The second-order valence-electron chi connectivity index (χ2n) is 6.33. The Kier molecular flexibility index (Phi) is 9.44. The first-order chi connectivity index (χ1) is 9.69. The Bertz CT molecular complexity index is 237. The van der Waals surface area contributed by atoms with Gasteiger partial charge < -0.3 is 14.8 Å². The van der Waals surface area contributed by atoms with Crippen LogP contribution in [0.2, 0.25) is 0 Å². The summed E-state index contributed by atoms with van der Waals surface area (Å²) in [6, 6.07) is 0.738. The predicted molar refractivity (Wildman–Crippen MR) is 84.2 cm³/mol. The minimum Gasteiger partial charge on any atom is -0.385 e. The lowest BCUT2D eigenvalue weighted by atomic mass is 9.78. The van der Waals surface area contributed by atoms with E-state index in [4.69, 9.17) is 9.47 Å². The number of nitrogens with one attached hydrogen (secondary N) is 1. The molecule has 0 aromatic heterocycles. The molecule has 120 valence electrons. The lowest BCUT2D eigenvalue weighted by Crippen LogP contribution is -2.52. The average molecular weight is 286 g/mol. The molecule has 0 aliphatic heterocycles. The Balaban J connectivity index is 2.31. The molecular formula is C16H34N2O2. The molecule has 0 radical (unpaired) electrons. The van der Waals surface area contributed by atoms with Gasteiger partial charge in [-0.25, -0.2) is 0 Å². The zero-order valence-corrected chi connectivity index (χ0v) is 13.9. The average Bonchev–Trinajstić information content (AvgIpc) is 2.39. The minimum atomic E-state index is 0.736. The third-order valence-electron chi connectivity index (χ3n) is 4.18. The summed E-state index contributed by atoms with van der Waals surface area (Å²) in [4.78, 5) is 2.60. The number of ether oxygens (including phenoxy) is 2. The van der Waals surface area contributed by atoms with E-state index in [9.17, 15) is 0 Å². The number of rotatable bonds is 12. The first-order valence-electron chi connectivity index (χ1n) is 8.11. The summed E-state index contributed by atoms with van der Waals surface area (Å²) in [5.74, 6) is 1.55. The maximum Gasteiger partial charge on any atom is 0.0589 e. The van der Waals surface area contributed by atoms with E-state index in [2.05, 4.69) is 24.1 Å². The van der Waals surface area contributed by atoms with Crippen molar-refractivity contribution in [1.29, 1.82) is 0 Å². The van der Waals surface area contributed by atoms with Gasteiger partial charge in [0, 0.05) is 40.0 Å². The van der Waals surface area contributed by atoms with Crippen molar-refractivity contribution in [1.82, 2.24) is 10.2 Å². The topological polar surface area (TPSA) is 33.7 Å². The van der Waals surface area contributed by atoms with Crippen LogP contribution in [0.5, 0.6) is 0 Å². The highest BCUT2D eigenvalue weighted by Crippen LogP contribution is 2.31. The summed E-state index contributed by atoms with van der Waals surface area (Å²) >= 11 is 0. The molecule has 0 spiro atoms. The Labute approximate surface area is 125 Å². The zero-order chi connectivity index (χ0) is 14.8. The van der Waals surface area contributed by atoms with Crippen LogP contribution in [0.4, 0.5) is 0 Å². The van der Waals surface area contributed by atoms with E-state index in [0.29, 0.717) is 0 Å². The van der Waals surface area contributed by atoms with Crippen molar-refractivity contribution in [2.24, 2.45) is 11.8 Å². The van der Waals surface area contributed by atoms with Gasteiger partial charge in [-0.3, -0.25) is 4.90 Å². The largest absolute Gasteiger partial charge is 0.385 e. The SMILES string of the molecule is COCCCN(CCOC)C1CCC1CNCC(C)C. The van der Waals surface area contributed by atoms with Crippen LogP contribution in [0.15, 0.2) is 0 Å². The molecule has 0 aromatic carbocycles. The lowest BCUT2D eigenvalue weighted by molar-refractivity contribution is 0.0337. The van der Waals surface area contributed by atoms with E-state index in [-0.39, 0.29) is 0 Å².